The average Bonchev–Trinajstić information content (AvgIpc) is 2.42. The lowest BCUT2D eigenvalue weighted by Gasteiger charge is -2.18. The zero-order valence-electron chi connectivity index (χ0n) is 12.1. The van der Waals surface area contributed by atoms with E-state index in [2.05, 4.69) is 18.6 Å². The fourth-order valence-electron chi connectivity index (χ4n) is 1.25. The van der Waals surface area contributed by atoms with Crippen molar-refractivity contribution in [3.63, 3.8) is 0 Å². The maximum absolute atomic E-state index is 7.00. The van der Waals surface area contributed by atoms with Gasteiger partial charge in [-0.25, -0.2) is 0 Å². The van der Waals surface area contributed by atoms with Gasteiger partial charge in [-0.2, -0.15) is 0 Å². The van der Waals surface area contributed by atoms with Crippen molar-refractivity contribution in [1.29, 1.82) is 0 Å². The molecule has 0 aromatic rings. The van der Waals surface area contributed by atoms with Crippen LogP contribution in [0.25, 0.3) is 0 Å². The normalized spacial score (nSPS) is 16.2. The molecule has 0 aliphatic carbocycles. The molecule has 0 amide bonds. The Kier molecular flexibility index (Phi) is 17.9. The van der Waals surface area contributed by atoms with Crippen molar-refractivity contribution in [3.8, 4) is 0 Å². The highest BCUT2D eigenvalue weighted by Crippen LogP contribution is 2.29. The molecule has 4 heteroatoms. The third kappa shape index (κ3) is 13.4. The van der Waals surface area contributed by atoms with E-state index in [9.17, 15) is 0 Å². The van der Waals surface area contributed by atoms with Crippen LogP contribution >= 0.6 is 7.92 Å². The lowest BCUT2D eigenvalue weighted by atomic mass is 10.4. The van der Waals surface area contributed by atoms with Gasteiger partial charge in [0.15, 0.2) is 0 Å². The second-order valence-corrected chi connectivity index (χ2v) is 6.17. The maximum Gasteiger partial charge on any atom is 0.118 e. The molecular formula is C14H28NO2P. The summed E-state index contributed by atoms with van der Waals surface area (Å²) < 4.78 is 4.93. The Hall–Kier alpha value is -0.630. The molecule has 18 heavy (non-hydrogen) atoms. The molecule has 0 radical (unpaired) electrons. The van der Waals surface area contributed by atoms with E-state index in [1.165, 1.54) is 25.4 Å². The highest BCUT2D eigenvalue weighted by molar-refractivity contribution is 7.56. The summed E-state index contributed by atoms with van der Waals surface area (Å²) in [5.74, 6) is 0.826. The van der Waals surface area contributed by atoms with E-state index in [1.807, 2.05) is 19.1 Å². The van der Waals surface area contributed by atoms with Gasteiger partial charge in [-0.15, -0.1) is 7.92 Å². The number of hydrogen-bond acceptors (Lipinski definition) is 3. The van der Waals surface area contributed by atoms with E-state index in [4.69, 9.17) is 9.84 Å². The van der Waals surface area contributed by atoms with Crippen LogP contribution in [-0.2, 0) is 4.74 Å². The van der Waals surface area contributed by atoms with Gasteiger partial charge < -0.3 is 15.2 Å². The SMILES string of the molecule is C=C/C=C(\C=C/C)OC.CO.CP1CCNCC1. The summed E-state index contributed by atoms with van der Waals surface area (Å²) in [6.07, 6.45) is 10.2. The minimum atomic E-state index is 0.446. The highest BCUT2D eigenvalue weighted by atomic mass is 31.1. The number of ether oxygens (including phenoxy) is 1. The molecule has 1 aliphatic rings. The van der Waals surface area contributed by atoms with Gasteiger partial charge in [0.25, 0.3) is 0 Å². The van der Waals surface area contributed by atoms with Crippen LogP contribution in [0, 0.1) is 0 Å². The Morgan fingerprint density at radius 2 is 1.89 bits per heavy atom. The standard InChI is InChI=1S/C8H12O.C5H12NP.CH4O/c1-4-6-8(9-3)7-5-2;1-7-4-2-6-3-5-7;1-2/h4-7H,1H2,2-3H3;6H,2-5H2,1H3;2H,1H3/b7-5-,8-6+;;. The van der Waals surface area contributed by atoms with Gasteiger partial charge in [-0.3, -0.25) is 0 Å². The number of aliphatic hydroxyl groups excluding tert-OH is 1. The minimum absolute atomic E-state index is 0.446. The molecule has 1 saturated heterocycles. The second kappa shape index (κ2) is 16.4. The average molecular weight is 273 g/mol. The van der Waals surface area contributed by atoms with Crippen molar-refractivity contribution >= 4 is 7.92 Å². The van der Waals surface area contributed by atoms with Crippen LogP contribution < -0.4 is 5.32 Å². The van der Waals surface area contributed by atoms with E-state index >= 15 is 0 Å². The van der Waals surface area contributed by atoms with Crippen molar-refractivity contribution in [2.24, 2.45) is 0 Å². The van der Waals surface area contributed by atoms with Crippen LogP contribution in [0.1, 0.15) is 6.92 Å². The molecule has 1 rings (SSSR count). The van der Waals surface area contributed by atoms with Gasteiger partial charge >= 0.3 is 0 Å². The van der Waals surface area contributed by atoms with Gasteiger partial charge in [0, 0.05) is 7.11 Å². The molecule has 0 aromatic carbocycles. The number of rotatable bonds is 3. The first-order valence-electron chi connectivity index (χ1n) is 6.08. The molecular weight excluding hydrogens is 245 g/mol. The van der Waals surface area contributed by atoms with Gasteiger partial charge in [0.1, 0.15) is 5.76 Å². The van der Waals surface area contributed by atoms with E-state index in [0.29, 0.717) is 7.92 Å². The van der Waals surface area contributed by atoms with E-state index in [1.54, 1.807) is 19.3 Å². The number of nitrogens with one attached hydrogen (secondary N) is 1. The third-order valence-corrected chi connectivity index (χ3v) is 4.16. The van der Waals surface area contributed by atoms with Crippen LogP contribution in [0.4, 0.5) is 0 Å². The van der Waals surface area contributed by atoms with Gasteiger partial charge in [-0.1, -0.05) is 18.7 Å². The van der Waals surface area contributed by atoms with Crippen LogP contribution in [0.15, 0.2) is 36.6 Å². The number of hydrogen-bond donors (Lipinski definition) is 2. The van der Waals surface area contributed by atoms with Gasteiger partial charge in [0.05, 0.1) is 7.11 Å². The van der Waals surface area contributed by atoms with Crippen LogP contribution in [-0.4, -0.2) is 51.4 Å². The lowest BCUT2D eigenvalue weighted by molar-refractivity contribution is 0.307. The fourth-order valence-corrected chi connectivity index (χ4v) is 2.55. The number of methoxy groups -OCH3 is 1. The van der Waals surface area contributed by atoms with Gasteiger partial charge in [0.2, 0.25) is 0 Å². The predicted molar refractivity (Wildman–Crippen MR) is 83.7 cm³/mol. The topological polar surface area (TPSA) is 41.5 Å². The molecule has 0 bridgehead atoms. The van der Waals surface area contributed by atoms with Crippen molar-refractivity contribution < 1.29 is 9.84 Å². The summed E-state index contributed by atoms with van der Waals surface area (Å²) >= 11 is 0. The molecule has 1 fully saturated rings. The minimum Gasteiger partial charge on any atom is -0.497 e. The van der Waals surface area contributed by atoms with Crippen molar-refractivity contribution in [3.05, 3.63) is 36.6 Å². The molecule has 0 atom stereocenters. The van der Waals surface area contributed by atoms with Crippen LogP contribution in [0.5, 0.6) is 0 Å². The quantitative estimate of drug-likeness (QED) is 0.472. The zero-order chi connectivity index (χ0) is 14.2. The molecule has 0 unspecified atom stereocenters. The lowest BCUT2D eigenvalue weighted by Crippen LogP contribution is -2.26. The Morgan fingerprint density at radius 3 is 2.17 bits per heavy atom. The molecule has 3 nitrogen and oxygen atoms in total. The summed E-state index contributed by atoms with van der Waals surface area (Å²) in [7, 11) is 3.08. The first-order chi connectivity index (χ1) is 8.74. The summed E-state index contributed by atoms with van der Waals surface area (Å²) in [5, 5.41) is 10.3. The smallest absolute Gasteiger partial charge is 0.118 e. The first kappa shape index (κ1) is 19.7. The van der Waals surface area contributed by atoms with Crippen LogP contribution in [0.2, 0.25) is 0 Å². The van der Waals surface area contributed by atoms with E-state index in [-0.39, 0.29) is 0 Å². The maximum atomic E-state index is 7.00. The first-order valence-corrected chi connectivity index (χ1v) is 8.24. The summed E-state index contributed by atoms with van der Waals surface area (Å²) in [6, 6.07) is 0. The van der Waals surface area contributed by atoms with Crippen LogP contribution in [0.3, 0.4) is 0 Å². The molecule has 0 saturated carbocycles. The van der Waals surface area contributed by atoms with E-state index in [0.717, 1.165) is 12.9 Å². The predicted octanol–water partition coefficient (Wildman–Crippen LogP) is 2.59. The number of aliphatic hydroxyl groups is 1. The largest absolute Gasteiger partial charge is 0.497 e. The third-order valence-electron chi connectivity index (χ3n) is 2.19. The van der Waals surface area contributed by atoms with Crippen molar-refractivity contribution in [2.45, 2.75) is 6.92 Å². The Balaban J connectivity index is 0. The Bertz CT molecular complexity index is 234. The highest BCUT2D eigenvalue weighted by Gasteiger charge is 2.04. The summed E-state index contributed by atoms with van der Waals surface area (Å²) in [6.45, 7) is 10.4. The van der Waals surface area contributed by atoms with Crippen molar-refractivity contribution in [1.82, 2.24) is 5.32 Å². The monoisotopic (exact) mass is 273 g/mol. The molecule has 0 spiro atoms. The summed E-state index contributed by atoms with van der Waals surface area (Å²) in [5.41, 5.74) is 0. The van der Waals surface area contributed by atoms with E-state index < -0.39 is 0 Å². The molecule has 106 valence electrons. The Labute approximate surface area is 113 Å². The Morgan fingerprint density at radius 1 is 1.33 bits per heavy atom. The number of allylic oxidation sites excluding steroid dienone is 4. The summed E-state index contributed by atoms with van der Waals surface area (Å²) in [4.78, 5) is 0. The fraction of sp³-hybridized carbons (Fsp3) is 0.571. The molecule has 2 N–H and O–H groups in total. The van der Waals surface area contributed by atoms with Crippen molar-refractivity contribution in [2.75, 3.05) is 46.3 Å². The second-order valence-electron chi connectivity index (χ2n) is 3.56. The zero-order valence-corrected chi connectivity index (χ0v) is 13.0. The molecule has 1 heterocycles. The van der Waals surface area contributed by atoms with Gasteiger partial charge in [-0.05, 0) is 51.2 Å². The molecule has 0 aromatic heterocycles. The molecule has 1 aliphatic heterocycles.